The van der Waals surface area contributed by atoms with E-state index in [0.29, 0.717) is 0 Å². The van der Waals surface area contributed by atoms with Crippen LogP contribution in [0.3, 0.4) is 0 Å². The third-order valence-corrected chi connectivity index (χ3v) is 2.55. The normalized spacial score (nSPS) is 17.5. The first-order valence-electron chi connectivity index (χ1n) is 5.61. The van der Waals surface area contributed by atoms with Gasteiger partial charge in [0.15, 0.2) is 0 Å². The Balaban J connectivity index is 2.74. The Morgan fingerprint density at radius 2 is 2.00 bits per heavy atom. The van der Waals surface area contributed by atoms with Crippen molar-refractivity contribution in [2.45, 2.75) is 39.7 Å². The van der Waals surface area contributed by atoms with Crippen LogP contribution in [0, 0.1) is 5.41 Å². The van der Waals surface area contributed by atoms with E-state index in [1.165, 1.54) is 0 Å². The molecule has 1 heterocycles. The van der Waals surface area contributed by atoms with Crippen molar-refractivity contribution >= 4 is 23.5 Å². The first-order valence-corrected chi connectivity index (χ1v) is 5.61. The summed E-state index contributed by atoms with van der Waals surface area (Å²) < 4.78 is 0. The predicted molar refractivity (Wildman–Crippen MR) is 63.8 cm³/mol. The average molecular weight is 255 g/mol. The van der Waals surface area contributed by atoms with Crippen molar-refractivity contribution in [2.75, 3.05) is 0 Å². The molecule has 0 aliphatic carbocycles. The third kappa shape index (κ3) is 3.54. The van der Waals surface area contributed by atoms with Crippen molar-refractivity contribution in [3.05, 3.63) is 0 Å². The molecule has 1 aliphatic heterocycles. The second-order valence-corrected chi connectivity index (χ2v) is 5.20. The third-order valence-electron chi connectivity index (χ3n) is 2.55. The van der Waals surface area contributed by atoms with Gasteiger partial charge in [0.05, 0.1) is 0 Å². The average Bonchev–Trinajstić information content (AvgIpc) is 2.24. The van der Waals surface area contributed by atoms with Gasteiger partial charge in [0.1, 0.15) is 11.8 Å². The molecule has 0 saturated heterocycles. The number of amides is 2. The molecular formula is C11H17N3O4. The second-order valence-electron chi connectivity index (χ2n) is 5.20. The van der Waals surface area contributed by atoms with E-state index >= 15 is 0 Å². The Morgan fingerprint density at radius 1 is 1.39 bits per heavy atom. The van der Waals surface area contributed by atoms with Crippen molar-refractivity contribution in [2.24, 2.45) is 10.5 Å². The van der Waals surface area contributed by atoms with E-state index in [-0.39, 0.29) is 24.5 Å². The Morgan fingerprint density at radius 3 is 2.39 bits per heavy atom. The molecule has 0 aromatic rings. The molecule has 7 nitrogen and oxygen atoms in total. The number of carbonyl (C=O) groups excluding carboxylic acids is 2. The van der Waals surface area contributed by atoms with Gasteiger partial charge in [-0.25, -0.2) is 10.2 Å². The summed E-state index contributed by atoms with van der Waals surface area (Å²) >= 11 is 0. The zero-order valence-corrected chi connectivity index (χ0v) is 10.6. The summed E-state index contributed by atoms with van der Waals surface area (Å²) in [4.78, 5) is 33.8. The van der Waals surface area contributed by atoms with E-state index in [1.54, 1.807) is 20.8 Å². The molecule has 0 fully saturated rings. The number of nitrogens with zero attached hydrogens (tertiary/aromatic N) is 1. The number of hydrogen-bond donors (Lipinski definition) is 3. The van der Waals surface area contributed by atoms with Crippen molar-refractivity contribution in [3.8, 4) is 0 Å². The first-order chi connectivity index (χ1) is 8.21. The molecule has 100 valence electrons. The van der Waals surface area contributed by atoms with Crippen molar-refractivity contribution < 1.29 is 19.5 Å². The quantitative estimate of drug-likeness (QED) is 0.652. The summed E-state index contributed by atoms with van der Waals surface area (Å²) in [7, 11) is 0. The van der Waals surface area contributed by atoms with E-state index in [9.17, 15) is 14.4 Å². The van der Waals surface area contributed by atoms with E-state index in [1.807, 2.05) is 0 Å². The van der Waals surface area contributed by atoms with Crippen LogP contribution in [0.2, 0.25) is 0 Å². The number of carbonyl (C=O) groups is 3. The molecule has 1 rings (SSSR count). The standard InChI is InChI=1S/C11H17N3O4/c1-11(2,3)8(10(17)18)12-9(16)6-4-5-7(15)14-13-6/h8H,4-5H2,1-3H3,(H,12,16)(H,14,15)(H,17,18)/t8-/m0/s1. The van der Waals surface area contributed by atoms with Gasteiger partial charge in [-0.2, -0.15) is 5.10 Å². The van der Waals surface area contributed by atoms with Crippen LogP contribution < -0.4 is 10.7 Å². The van der Waals surface area contributed by atoms with Crippen LogP contribution in [0.25, 0.3) is 0 Å². The first kappa shape index (κ1) is 14.1. The van der Waals surface area contributed by atoms with Crippen LogP contribution in [0.15, 0.2) is 5.10 Å². The maximum absolute atomic E-state index is 11.8. The van der Waals surface area contributed by atoms with Gasteiger partial charge in [0, 0.05) is 12.8 Å². The zero-order chi connectivity index (χ0) is 13.9. The van der Waals surface area contributed by atoms with E-state index < -0.39 is 23.3 Å². The van der Waals surface area contributed by atoms with Crippen molar-refractivity contribution in [1.82, 2.24) is 10.7 Å². The van der Waals surface area contributed by atoms with Crippen LogP contribution in [0.4, 0.5) is 0 Å². The van der Waals surface area contributed by atoms with Crippen LogP contribution >= 0.6 is 0 Å². The zero-order valence-electron chi connectivity index (χ0n) is 10.6. The lowest BCUT2D eigenvalue weighted by atomic mass is 9.86. The van der Waals surface area contributed by atoms with Crippen LogP contribution in [0.5, 0.6) is 0 Å². The molecule has 0 radical (unpaired) electrons. The topological polar surface area (TPSA) is 108 Å². The summed E-state index contributed by atoms with van der Waals surface area (Å²) in [6.07, 6.45) is 0.396. The Kier molecular flexibility index (Phi) is 4.05. The van der Waals surface area contributed by atoms with Crippen molar-refractivity contribution in [3.63, 3.8) is 0 Å². The summed E-state index contributed by atoms with van der Waals surface area (Å²) in [5.74, 6) is -1.91. The summed E-state index contributed by atoms with van der Waals surface area (Å²) in [6.45, 7) is 5.16. The SMILES string of the molecule is CC(C)(C)[C@@H](NC(=O)C1=NNC(=O)CC1)C(=O)O. The van der Waals surface area contributed by atoms with Crippen LogP contribution in [0.1, 0.15) is 33.6 Å². The molecule has 0 aromatic carbocycles. The monoisotopic (exact) mass is 255 g/mol. The molecule has 0 spiro atoms. The minimum absolute atomic E-state index is 0.144. The highest BCUT2D eigenvalue weighted by molar-refractivity contribution is 6.39. The molecule has 1 aliphatic rings. The molecule has 0 unspecified atom stereocenters. The van der Waals surface area contributed by atoms with Crippen molar-refractivity contribution in [1.29, 1.82) is 0 Å². The van der Waals surface area contributed by atoms with Gasteiger partial charge in [-0.05, 0) is 5.41 Å². The Hall–Kier alpha value is -1.92. The molecule has 18 heavy (non-hydrogen) atoms. The number of hydrazone groups is 1. The molecule has 0 aromatic heterocycles. The molecule has 7 heteroatoms. The highest BCUT2D eigenvalue weighted by Gasteiger charge is 2.33. The van der Waals surface area contributed by atoms with Gasteiger partial charge in [-0.15, -0.1) is 0 Å². The fraction of sp³-hybridized carbons (Fsp3) is 0.636. The van der Waals surface area contributed by atoms with Crippen LogP contribution in [-0.4, -0.2) is 34.6 Å². The molecule has 0 bridgehead atoms. The van der Waals surface area contributed by atoms with Gasteiger partial charge in [-0.1, -0.05) is 20.8 Å². The molecular weight excluding hydrogens is 238 g/mol. The molecule has 0 saturated carbocycles. The number of rotatable bonds is 3. The van der Waals surface area contributed by atoms with E-state index in [2.05, 4.69) is 15.8 Å². The Bertz CT molecular complexity index is 409. The Labute approximate surface area is 105 Å². The van der Waals surface area contributed by atoms with Gasteiger partial charge < -0.3 is 10.4 Å². The number of aliphatic carboxylic acids is 1. The highest BCUT2D eigenvalue weighted by Crippen LogP contribution is 2.19. The van der Waals surface area contributed by atoms with Gasteiger partial charge in [0.25, 0.3) is 5.91 Å². The highest BCUT2D eigenvalue weighted by atomic mass is 16.4. The lowest BCUT2D eigenvalue weighted by Crippen LogP contribution is -2.51. The maximum atomic E-state index is 11.8. The number of carboxylic acid groups (broad SMARTS) is 1. The van der Waals surface area contributed by atoms with E-state index in [4.69, 9.17) is 5.11 Å². The van der Waals surface area contributed by atoms with Gasteiger partial charge >= 0.3 is 5.97 Å². The largest absolute Gasteiger partial charge is 0.480 e. The summed E-state index contributed by atoms with van der Waals surface area (Å²) in [6, 6.07) is -1.01. The lowest BCUT2D eigenvalue weighted by Gasteiger charge is -2.28. The fourth-order valence-electron chi connectivity index (χ4n) is 1.50. The van der Waals surface area contributed by atoms with Gasteiger partial charge in [-0.3, -0.25) is 9.59 Å². The molecule has 2 amide bonds. The minimum Gasteiger partial charge on any atom is -0.480 e. The maximum Gasteiger partial charge on any atom is 0.326 e. The van der Waals surface area contributed by atoms with Crippen LogP contribution in [-0.2, 0) is 14.4 Å². The molecule has 1 atom stereocenters. The van der Waals surface area contributed by atoms with Gasteiger partial charge in [0.2, 0.25) is 5.91 Å². The fourth-order valence-corrected chi connectivity index (χ4v) is 1.50. The number of carboxylic acids is 1. The number of nitrogens with one attached hydrogen (secondary N) is 2. The van der Waals surface area contributed by atoms with E-state index in [0.717, 1.165) is 0 Å². The minimum atomic E-state index is -1.10. The number of hydrogen-bond acceptors (Lipinski definition) is 4. The lowest BCUT2D eigenvalue weighted by molar-refractivity contribution is -0.144. The smallest absolute Gasteiger partial charge is 0.326 e. The summed E-state index contributed by atoms with van der Waals surface area (Å²) in [5.41, 5.74) is 1.73. The second kappa shape index (κ2) is 5.16. The molecule has 3 N–H and O–H groups in total. The summed E-state index contributed by atoms with van der Waals surface area (Å²) in [5, 5.41) is 15.1. The predicted octanol–water partition coefficient (Wildman–Crippen LogP) is -0.132.